The molecule has 138 valence electrons. The largest absolute Gasteiger partial charge is 0.381 e. The highest BCUT2D eigenvalue weighted by Crippen LogP contribution is 2.43. The molecule has 1 aliphatic carbocycles. The predicted octanol–water partition coefficient (Wildman–Crippen LogP) is 2.88. The molecule has 0 spiro atoms. The van der Waals surface area contributed by atoms with Gasteiger partial charge in [-0.25, -0.2) is 0 Å². The van der Waals surface area contributed by atoms with Gasteiger partial charge in [0.2, 0.25) is 0 Å². The van der Waals surface area contributed by atoms with Crippen LogP contribution in [-0.2, 0) is 9.47 Å². The van der Waals surface area contributed by atoms with E-state index in [-0.39, 0.29) is 23.7 Å². The second-order valence-electron chi connectivity index (χ2n) is 7.21. The molecule has 1 saturated heterocycles. The van der Waals surface area contributed by atoms with Gasteiger partial charge < -0.3 is 14.4 Å². The molecule has 2 fully saturated rings. The fourth-order valence-corrected chi connectivity index (χ4v) is 4.49. The predicted molar refractivity (Wildman–Crippen MR) is 97.9 cm³/mol. The molecule has 2 aliphatic rings. The van der Waals surface area contributed by atoms with E-state index < -0.39 is 0 Å². The Morgan fingerprint density at radius 2 is 2.04 bits per heavy atom. The number of benzene rings is 1. The average molecular weight is 355 g/mol. The van der Waals surface area contributed by atoms with Crippen molar-refractivity contribution in [2.45, 2.75) is 43.4 Å². The molecule has 1 aromatic heterocycles. The summed E-state index contributed by atoms with van der Waals surface area (Å²) >= 11 is 0. The second kappa shape index (κ2) is 6.85. The van der Waals surface area contributed by atoms with Crippen molar-refractivity contribution < 1.29 is 14.3 Å². The van der Waals surface area contributed by atoms with Gasteiger partial charge in [-0.2, -0.15) is 5.10 Å². The quantitative estimate of drug-likeness (QED) is 0.916. The topological polar surface area (TPSA) is 67.5 Å². The molecule has 2 heterocycles. The van der Waals surface area contributed by atoms with Gasteiger partial charge in [-0.05, 0) is 49.4 Å². The number of aromatic amines is 1. The smallest absolute Gasteiger partial charge is 0.254 e. The van der Waals surface area contributed by atoms with Crippen molar-refractivity contribution >= 4 is 5.91 Å². The molecule has 3 atom stereocenters. The molecule has 6 heteroatoms. The summed E-state index contributed by atoms with van der Waals surface area (Å²) in [6, 6.07) is 9.69. The lowest BCUT2D eigenvalue weighted by atomic mass is 9.79. The third-order valence-corrected chi connectivity index (χ3v) is 6.08. The molecule has 1 N–H and O–H groups in total. The van der Waals surface area contributed by atoms with Crippen molar-refractivity contribution in [3.63, 3.8) is 0 Å². The molecule has 0 radical (unpaired) electrons. The number of nitrogens with zero attached hydrogens (tertiary/aromatic N) is 2. The van der Waals surface area contributed by atoms with Crippen LogP contribution in [0.25, 0.3) is 11.3 Å². The molecule has 1 amide bonds. The first-order valence-corrected chi connectivity index (χ1v) is 9.15. The van der Waals surface area contributed by atoms with Crippen LogP contribution in [0.4, 0.5) is 0 Å². The average Bonchev–Trinajstić information content (AvgIpc) is 3.35. The lowest BCUT2D eigenvalue weighted by molar-refractivity contribution is -0.0893. The van der Waals surface area contributed by atoms with Crippen molar-refractivity contribution in [3.8, 4) is 11.3 Å². The van der Waals surface area contributed by atoms with Gasteiger partial charge in [-0.3, -0.25) is 9.89 Å². The number of nitrogens with one attached hydrogen (secondary N) is 1. The Kier molecular flexibility index (Phi) is 4.54. The van der Waals surface area contributed by atoms with Gasteiger partial charge in [-0.1, -0.05) is 12.1 Å². The van der Waals surface area contributed by atoms with Gasteiger partial charge >= 0.3 is 0 Å². The highest BCUT2D eigenvalue weighted by Gasteiger charge is 2.52. The van der Waals surface area contributed by atoms with Crippen LogP contribution in [0.15, 0.2) is 36.5 Å². The number of carbonyl (C=O) groups excluding carboxylic acids is 1. The number of likely N-dealkylation sites (tertiary alicyclic amines) is 1. The minimum absolute atomic E-state index is 0.0711. The van der Waals surface area contributed by atoms with Crippen LogP contribution < -0.4 is 0 Å². The maximum atomic E-state index is 13.2. The summed E-state index contributed by atoms with van der Waals surface area (Å²) in [6.45, 7) is 0.732. The zero-order chi connectivity index (χ0) is 18.1. The first kappa shape index (κ1) is 17.2. The molecule has 26 heavy (non-hydrogen) atoms. The number of amides is 1. The minimum Gasteiger partial charge on any atom is -0.381 e. The molecular weight excluding hydrogens is 330 g/mol. The van der Waals surface area contributed by atoms with Crippen LogP contribution in [-0.4, -0.2) is 59.5 Å². The van der Waals surface area contributed by atoms with Crippen molar-refractivity contribution in [2.75, 3.05) is 20.8 Å². The van der Waals surface area contributed by atoms with Crippen molar-refractivity contribution in [3.05, 3.63) is 42.1 Å². The molecule has 0 bridgehead atoms. The van der Waals surface area contributed by atoms with E-state index in [1.165, 1.54) is 0 Å². The van der Waals surface area contributed by atoms with Gasteiger partial charge in [0.15, 0.2) is 0 Å². The van der Waals surface area contributed by atoms with Crippen LogP contribution in [0, 0.1) is 0 Å². The molecule has 0 unspecified atom stereocenters. The summed E-state index contributed by atoms with van der Waals surface area (Å²) in [7, 11) is 3.52. The van der Waals surface area contributed by atoms with Crippen LogP contribution in [0.1, 0.15) is 36.0 Å². The number of methoxy groups -OCH3 is 2. The summed E-state index contributed by atoms with van der Waals surface area (Å²) in [6.07, 6.45) is 5.57. The second-order valence-corrected chi connectivity index (χ2v) is 7.21. The SMILES string of the molecule is CO[C@@H]1CC[C@@]2(OC)CCN(C(=O)c3ccc(-c4ccn[nH]4)cc3)[C@H]2C1. The lowest BCUT2D eigenvalue weighted by Crippen LogP contribution is -2.53. The Morgan fingerprint density at radius 1 is 1.23 bits per heavy atom. The van der Waals surface area contributed by atoms with Gasteiger partial charge in [0.25, 0.3) is 5.91 Å². The zero-order valence-corrected chi connectivity index (χ0v) is 15.3. The van der Waals surface area contributed by atoms with Crippen LogP contribution in [0.5, 0.6) is 0 Å². The highest BCUT2D eigenvalue weighted by atomic mass is 16.5. The Hall–Kier alpha value is -2.18. The fraction of sp³-hybridized carbons (Fsp3) is 0.500. The number of H-pyrrole nitrogens is 1. The van der Waals surface area contributed by atoms with E-state index in [4.69, 9.17) is 9.47 Å². The van der Waals surface area contributed by atoms with E-state index in [2.05, 4.69) is 10.2 Å². The van der Waals surface area contributed by atoms with Crippen LogP contribution in [0.2, 0.25) is 0 Å². The third-order valence-electron chi connectivity index (χ3n) is 6.08. The van der Waals surface area contributed by atoms with E-state index in [1.54, 1.807) is 20.4 Å². The zero-order valence-electron chi connectivity index (χ0n) is 15.3. The Bertz CT molecular complexity index is 759. The maximum Gasteiger partial charge on any atom is 0.254 e. The van der Waals surface area contributed by atoms with E-state index >= 15 is 0 Å². The summed E-state index contributed by atoms with van der Waals surface area (Å²) < 4.78 is 11.5. The van der Waals surface area contributed by atoms with Crippen molar-refractivity contribution in [2.24, 2.45) is 0 Å². The number of hydrogen-bond donors (Lipinski definition) is 1. The Balaban J connectivity index is 1.55. The van der Waals surface area contributed by atoms with E-state index in [0.717, 1.165) is 43.5 Å². The normalized spacial score (nSPS) is 28.2. The van der Waals surface area contributed by atoms with Crippen LogP contribution >= 0.6 is 0 Å². The molecule has 1 aromatic carbocycles. The Morgan fingerprint density at radius 3 is 2.69 bits per heavy atom. The first-order valence-electron chi connectivity index (χ1n) is 9.15. The number of rotatable bonds is 4. The summed E-state index contributed by atoms with van der Waals surface area (Å²) in [5.41, 5.74) is 2.45. The number of hydrogen-bond acceptors (Lipinski definition) is 4. The van der Waals surface area contributed by atoms with Gasteiger partial charge in [-0.15, -0.1) is 0 Å². The molecule has 6 nitrogen and oxygen atoms in total. The molecule has 1 aliphatic heterocycles. The van der Waals surface area contributed by atoms with Crippen molar-refractivity contribution in [1.82, 2.24) is 15.1 Å². The number of ether oxygens (including phenoxy) is 2. The van der Waals surface area contributed by atoms with Gasteiger partial charge in [0.1, 0.15) is 0 Å². The maximum absolute atomic E-state index is 13.2. The highest BCUT2D eigenvalue weighted by molar-refractivity contribution is 5.95. The molecule has 1 saturated carbocycles. The third kappa shape index (κ3) is 2.83. The van der Waals surface area contributed by atoms with Crippen LogP contribution in [0.3, 0.4) is 0 Å². The standard InChI is InChI=1S/C20H25N3O3/c1-25-16-7-9-20(26-2)10-12-23(18(20)13-16)19(24)15-5-3-14(4-6-15)17-8-11-21-22-17/h3-6,8,11,16,18H,7,9-10,12-13H2,1-2H3,(H,21,22)/t16-,18+,20-/m1/s1. The number of aromatic nitrogens is 2. The van der Waals surface area contributed by atoms with Gasteiger partial charge in [0, 0.05) is 32.5 Å². The number of carbonyl (C=O) groups is 1. The monoisotopic (exact) mass is 355 g/mol. The van der Waals surface area contributed by atoms with Gasteiger partial charge in [0.05, 0.1) is 23.4 Å². The molecule has 4 rings (SSSR count). The summed E-state index contributed by atoms with van der Waals surface area (Å²) in [5, 5.41) is 6.91. The summed E-state index contributed by atoms with van der Waals surface area (Å²) in [4.78, 5) is 15.1. The summed E-state index contributed by atoms with van der Waals surface area (Å²) in [5.74, 6) is 0.0711. The molecular formula is C20H25N3O3. The number of fused-ring (bicyclic) bond motifs is 1. The minimum atomic E-state index is -0.222. The fourth-order valence-electron chi connectivity index (χ4n) is 4.49. The Labute approximate surface area is 153 Å². The first-order chi connectivity index (χ1) is 12.7. The molecule has 2 aromatic rings. The van der Waals surface area contributed by atoms with E-state index in [9.17, 15) is 4.79 Å². The van der Waals surface area contributed by atoms with E-state index in [0.29, 0.717) is 5.56 Å². The van der Waals surface area contributed by atoms with Crippen molar-refractivity contribution in [1.29, 1.82) is 0 Å². The van der Waals surface area contributed by atoms with E-state index in [1.807, 2.05) is 35.2 Å². The lowest BCUT2D eigenvalue weighted by Gasteiger charge is -2.43.